The summed E-state index contributed by atoms with van der Waals surface area (Å²) in [6.07, 6.45) is 1.47. The van der Waals surface area contributed by atoms with Crippen molar-refractivity contribution < 1.29 is 8.42 Å². The van der Waals surface area contributed by atoms with E-state index in [2.05, 4.69) is 23.8 Å². The second-order valence-electron chi connectivity index (χ2n) is 6.89. The Morgan fingerprint density at radius 2 is 1.81 bits per heavy atom. The molecule has 0 aliphatic rings. The van der Waals surface area contributed by atoms with Gasteiger partial charge in [0.2, 0.25) is 0 Å². The molecule has 1 N–H and O–H groups in total. The van der Waals surface area contributed by atoms with E-state index in [0.717, 1.165) is 23.0 Å². The van der Waals surface area contributed by atoms with Crippen LogP contribution < -0.4 is 4.83 Å². The predicted molar refractivity (Wildman–Crippen MR) is 111 cm³/mol. The first-order valence-corrected chi connectivity index (χ1v) is 10.5. The van der Waals surface area contributed by atoms with Crippen LogP contribution in [0.15, 0.2) is 58.5 Å². The fourth-order valence-corrected chi connectivity index (χ4v) is 4.00. The third-order valence-corrected chi connectivity index (χ3v) is 5.84. The van der Waals surface area contributed by atoms with Gasteiger partial charge in [-0.25, -0.2) is 4.83 Å². The number of nitrogens with zero attached hydrogens (tertiary/aromatic N) is 2. The third kappa shape index (κ3) is 4.17. The Bertz CT molecular complexity index is 1080. The topological polar surface area (TPSA) is 63.5 Å². The van der Waals surface area contributed by atoms with Crippen LogP contribution in [0.3, 0.4) is 0 Å². The van der Waals surface area contributed by atoms with E-state index in [1.165, 1.54) is 6.21 Å². The molecule has 7 heteroatoms. The van der Waals surface area contributed by atoms with Crippen LogP contribution in [0.4, 0.5) is 0 Å². The van der Waals surface area contributed by atoms with Gasteiger partial charge in [0.25, 0.3) is 10.0 Å². The molecule has 27 heavy (non-hydrogen) atoms. The Labute approximate surface area is 164 Å². The smallest absolute Gasteiger partial charge is 0.276 e. The molecule has 1 heterocycles. The molecule has 5 nitrogen and oxygen atoms in total. The maximum atomic E-state index is 12.4. The van der Waals surface area contributed by atoms with Gasteiger partial charge in [-0.1, -0.05) is 61.3 Å². The minimum Gasteiger partial charge on any atom is -0.331 e. The van der Waals surface area contributed by atoms with Gasteiger partial charge < -0.3 is 4.57 Å². The van der Waals surface area contributed by atoms with Crippen LogP contribution in [0.5, 0.6) is 0 Å². The molecule has 142 valence electrons. The highest BCUT2D eigenvalue weighted by Gasteiger charge is 2.16. The van der Waals surface area contributed by atoms with Crippen molar-refractivity contribution in [3.63, 3.8) is 0 Å². The number of aromatic nitrogens is 1. The summed E-state index contributed by atoms with van der Waals surface area (Å²) in [4.78, 5) is 2.42. The fourth-order valence-electron chi connectivity index (χ4n) is 2.90. The zero-order valence-corrected chi connectivity index (χ0v) is 17.1. The second kappa shape index (κ2) is 7.74. The molecular formula is C20H22ClN3O2S. The largest absolute Gasteiger partial charge is 0.331 e. The van der Waals surface area contributed by atoms with Crippen molar-refractivity contribution in [3.05, 3.63) is 64.8 Å². The van der Waals surface area contributed by atoms with Gasteiger partial charge in [0, 0.05) is 23.0 Å². The van der Waals surface area contributed by atoms with Crippen LogP contribution in [0.25, 0.3) is 10.9 Å². The lowest BCUT2D eigenvalue weighted by molar-refractivity contribution is 0.536. The minimum absolute atomic E-state index is 0.165. The first-order valence-electron chi connectivity index (χ1n) is 8.68. The summed E-state index contributed by atoms with van der Waals surface area (Å²) in [5, 5.41) is 5.43. The van der Waals surface area contributed by atoms with Gasteiger partial charge in [-0.3, -0.25) is 0 Å². The van der Waals surface area contributed by atoms with E-state index >= 15 is 0 Å². The molecule has 1 aromatic heterocycles. The highest BCUT2D eigenvalue weighted by molar-refractivity contribution is 7.89. The number of hydrazone groups is 1. The summed E-state index contributed by atoms with van der Waals surface area (Å²) >= 11 is 6.58. The Morgan fingerprint density at radius 1 is 1.15 bits per heavy atom. The van der Waals surface area contributed by atoms with Crippen LogP contribution in [-0.4, -0.2) is 19.2 Å². The number of fused-ring (bicyclic) bond motifs is 1. The molecule has 0 radical (unpaired) electrons. The number of rotatable bonds is 6. The first kappa shape index (κ1) is 19.5. The molecule has 3 aromatic rings. The number of sulfonamides is 1. The highest BCUT2D eigenvalue weighted by atomic mass is 35.5. The Hall–Kier alpha value is -2.31. The number of aryl methyl sites for hydroxylation is 1. The highest BCUT2D eigenvalue weighted by Crippen LogP contribution is 2.29. The van der Waals surface area contributed by atoms with E-state index in [-0.39, 0.29) is 4.90 Å². The molecule has 0 fully saturated rings. The summed E-state index contributed by atoms with van der Waals surface area (Å²) in [7, 11) is -3.72. The van der Waals surface area contributed by atoms with Gasteiger partial charge in [-0.15, -0.1) is 0 Å². The van der Waals surface area contributed by atoms with Gasteiger partial charge in [0.15, 0.2) is 0 Å². The molecule has 0 saturated carbocycles. The van der Waals surface area contributed by atoms with Gasteiger partial charge in [0.05, 0.1) is 11.1 Å². The van der Waals surface area contributed by atoms with Crippen LogP contribution in [0, 0.1) is 12.8 Å². The van der Waals surface area contributed by atoms with E-state index in [0.29, 0.717) is 16.6 Å². The van der Waals surface area contributed by atoms with Crippen molar-refractivity contribution in [2.75, 3.05) is 0 Å². The van der Waals surface area contributed by atoms with Crippen molar-refractivity contribution in [3.8, 4) is 0 Å². The number of hydrogen-bond donors (Lipinski definition) is 1. The number of nitrogens with one attached hydrogen (secondary N) is 1. The zero-order chi connectivity index (χ0) is 19.6. The Kier molecular flexibility index (Phi) is 5.58. The molecule has 0 spiro atoms. The van der Waals surface area contributed by atoms with E-state index in [1.54, 1.807) is 24.3 Å². The lowest BCUT2D eigenvalue weighted by Crippen LogP contribution is -2.18. The summed E-state index contributed by atoms with van der Waals surface area (Å²) < 4.78 is 26.8. The van der Waals surface area contributed by atoms with Crippen molar-refractivity contribution in [2.24, 2.45) is 11.0 Å². The van der Waals surface area contributed by atoms with Crippen molar-refractivity contribution in [2.45, 2.75) is 32.2 Å². The fraction of sp³-hybridized carbons (Fsp3) is 0.250. The number of hydrogen-bond acceptors (Lipinski definition) is 3. The number of para-hydroxylation sites is 1. The van der Waals surface area contributed by atoms with Crippen molar-refractivity contribution in [1.29, 1.82) is 0 Å². The average molecular weight is 404 g/mol. The molecule has 0 saturated heterocycles. The molecule has 0 amide bonds. The second-order valence-corrected chi connectivity index (χ2v) is 8.91. The van der Waals surface area contributed by atoms with Crippen molar-refractivity contribution >= 4 is 38.7 Å². The number of halogens is 1. The molecule has 0 unspecified atom stereocenters. The zero-order valence-electron chi connectivity index (χ0n) is 15.5. The van der Waals surface area contributed by atoms with Gasteiger partial charge in [-0.05, 0) is 31.0 Å². The third-order valence-electron chi connectivity index (χ3n) is 4.19. The monoisotopic (exact) mass is 403 g/mol. The number of benzene rings is 2. The van der Waals surface area contributed by atoms with E-state index in [9.17, 15) is 8.42 Å². The minimum atomic E-state index is -3.72. The van der Waals surface area contributed by atoms with Gasteiger partial charge in [-0.2, -0.15) is 13.5 Å². The molecule has 0 aliphatic carbocycles. The van der Waals surface area contributed by atoms with E-state index in [1.807, 2.05) is 35.8 Å². The SMILES string of the molecule is Cc1ccc(S(=O)(=O)NN=Cc2c(Cl)n(CC(C)C)c3ccccc23)cc1. The van der Waals surface area contributed by atoms with E-state index in [4.69, 9.17) is 11.6 Å². The first-order chi connectivity index (χ1) is 12.8. The lowest BCUT2D eigenvalue weighted by atomic mass is 10.2. The van der Waals surface area contributed by atoms with Crippen LogP contribution in [-0.2, 0) is 16.6 Å². The Balaban J connectivity index is 1.92. The van der Waals surface area contributed by atoms with Crippen LogP contribution in [0.2, 0.25) is 5.15 Å². The quantitative estimate of drug-likeness (QED) is 0.484. The molecule has 0 aliphatic heterocycles. The molecular weight excluding hydrogens is 382 g/mol. The van der Waals surface area contributed by atoms with Crippen LogP contribution in [0.1, 0.15) is 25.0 Å². The maximum absolute atomic E-state index is 12.4. The summed E-state index contributed by atoms with van der Waals surface area (Å²) in [5.74, 6) is 0.420. The van der Waals surface area contributed by atoms with Crippen LogP contribution >= 0.6 is 11.6 Å². The molecule has 2 aromatic carbocycles. The summed E-state index contributed by atoms with van der Waals surface area (Å²) in [6, 6.07) is 14.4. The standard InChI is InChI=1S/C20H22ClN3O2S/c1-14(2)13-24-19-7-5-4-6-17(19)18(20(24)21)12-22-23-27(25,26)16-10-8-15(3)9-11-16/h4-12,14,23H,13H2,1-3H3. The predicted octanol–water partition coefficient (Wildman–Crippen LogP) is 4.57. The molecule has 0 bridgehead atoms. The molecule has 3 rings (SSSR count). The summed E-state index contributed by atoms with van der Waals surface area (Å²) in [5.41, 5.74) is 2.68. The van der Waals surface area contributed by atoms with Gasteiger partial charge >= 0.3 is 0 Å². The van der Waals surface area contributed by atoms with Gasteiger partial charge in [0.1, 0.15) is 5.15 Å². The van der Waals surface area contributed by atoms with E-state index < -0.39 is 10.0 Å². The normalized spacial score (nSPS) is 12.3. The average Bonchev–Trinajstić information content (AvgIpc) is 2.87. The van der Waals surface area contributed by atoms with Crippen molar-refractivity contribution in [1.82, 2.24) is 9.40 Å². The summed E-state index contributed by atoms with van der Waals surface area (Å²) in [6.45, 7) is 6.91. The molecule has 0 atom stereocenters. The lowest BCUT2D eigenvalue weighted by Gasteiger charge is -2.09. The Morgan fingerprint density at radius 3 is 2.48 bits per heavy atom. The maximum Gasteiger partial charge on any atom is 0.276 e.